The van der Waals surface area contributed by atoms with E-state index in [1.807, 2.05) is 38.1 Å². The third-order valence-corrected chi connectivity index (χ3v) is 2.67. The maximum absolute atomic E-state index is 5.66. The molecule has 1 aromatic carbocycles. The third-order valence-electron chi connectivity index (χ3n) is 2.67. The maximum Gasteiger partial charge on any atom is 0.159 e. The highest BCUT2D eigenvalue weighted by atomic mass is 16.5. The summed E-state index contributed by atoms with van der Waals surface area (Å²) in [5, 5.41) is 0. The normalized spacial score (nSPS) is 10.4. The van der Waals surface area contributed by atoms with Gasteiger partial charge in [0.05, 0.1) is 12.3 Å². The minimum atomic E-state index is 0.423. The standard InChI is InChI=1S/C14H17N3O/c1-3-18-12-6-4-5-11(7-12)14-16-9-10(2)13(8-15)17-14/h4-7,9H,3,8,15H2,1-2H3. The number of hydrogen-bond donors (Lipinski definition) is 1. The predicted octanol–water partition coefficient (Wildman–Crippen LogP) is 2.31. The zero-order chi connectivity index (χ0) is 13.0. The Kier molecular flexibility index (Phi) is 3.89. The molecule has 2 aromatic rings. The Labute approximate surface area is 107 Å². The number of ether oxygens (including phenoxy) is 1. The molecule has 0 unspecified atom stereocenters. The highest BCUT2D eigenvalue weighted by Gasteiger charge is 2.06. The fourth-order valence-corrected chi connectivity index (χ4v) is 1.71. The van der Waals surface area contributed by atoms with Gasteiger partial charge in [0.25, 0.3) is 0 Å². The molecule has 0 amide bonds. The smallest absolute Gasteiger partial charge is 0.159 e. The number of nitrogens with two attached hydrogens (primary N) is 1. The molecule has 0 saturated heterocycles. The van der Waals surface area contributed by atoms with Gasteiger partial charge in [0.2, 0.25) is 0 Å². The SMILES string of the molecule is CCOc1cccc(-c2ncc(C)c(CN)n2)c1. The second kappa shape index (κ2) is 5.60. The van der Waals surface area contributed by atoms with E-state index in [2.05, 4.69) is 9.97 Å². The molecule has 18 heavy (non-hydrogen) atoms. The fraction of sp³-hybridized carbons (Fsp3) is 0.286. The summed E-state index contributed by atoms with van der Waals surface area (Å²) in [6, 6.07) is 7.76. The van der Waals surface area contributed by atoms with Crippen molar-refractivity contribution in [1.82, 2.24) is 9.97 Å². The van der Waals surface area contributed by atoms with E-state index in [0.29, 0.717) is 19.0 Å². The molecule has 0 atom stereocenters. The van der Waals surface area contributed by atoms with Crippen LogP contribution in [0.15, 0.2) is 30.5 Å². The first-order chi connectivity index (χ1) is 8.74. The van der Waals surface area contributed by atoms with Crippen LogP contribution in [0, 0.1) is 6.92 Å². The lowest BCUT2D eigenvalue weighted by atomic mass is 10.2. The fourth-order valence-electron chi connectivity index (χ4n) is 1.71. The number of aromatic nitrogens is 2. The van der Waals surface area contributed by atoms with Gasteiger partial charge < -0.3 is 10.5 Å². The third kappa shape index (κ3) is 2.65. The summed E-state index contributed by atoms with van der Waals surface area (Å²) in [6.45, 7) is 4.99. The van der Waals surface area contributed by atoms with E-state index >= 15 is 0 Å². The number of benzene rings is 1. The quantitative estimate of drug-likeness (QED) is 0.895. The van der Waals surface area contributed by atoms with Crippen molar-refractivity contribution in [3.05, 3.63) is 41.7 Å². The Bertz CT molecular complexity index is 540. The lowest BCUT2D eigenvalue weighted by molar-refractivity contribution is 0.340. The van der Waals surface area contributed by atoms with Crippen molar-refractivity contribution in [3.63, 3.8) is 0 Å². The maximum atomic E-state index is 5.66. The van der Waals surface area contributed by atoms with Gasteiger partial charge in [-0.1, -0.05) is 12.1 Å². The van der Waals surface area contributed by atoms with Crippen molar-refractivity contribution in [2.75, 3.05) is 6.61 Å². The molecule has 0 aliphatic carbocycles. The van der Waals surface area contributed by atoms with Gasteiger partial charge in [-0.3, -0.25) is 0 Å². The van der Waals surface area contributed by atoms with Gasteiger partial charge in [-0.15, -0.1) is 0 Å². The molecule has 1 heterocycles. The van der Waals surface area contributed by atoms with Gasteiger partial charge in [0.15, 0.2) is 5.82 Å². The number of rotatable bonds is 4. The van der Waals surface area contributed by atoms with E-state index in [0.717, 1.165) is 22.6 Å². The van der Waals surface area contributed by atoms with Crippen molar-refractivity contribution in [3.8, 4) is 17.1 Å². The molecule has 0 fully saturated rings. The topological polar surface area (TPSA) is 61.0 Å². The lowest BCUT2D eigenvalue weighted by Crippen LogP contribution is -2.04. The van der Waals surface area contributed by atoms with Crippen LogP contribution in [0.1, 0.15) is 18.2 Å². The van der Waals surface area contributed by atoms with E-state index in [4.69, 9.17) is 10.5 Å². The van der Waals surface area contributed by atoms with Crippen LogP contribution >= 0.6 is 0 Å². The van der Waals surface area contributed by atoms with E-state index < -0.39 is 0 Å². The molecule has 0 radical (unpaired) electrons. The lowest BCUT2D eigenvalue weighted by Gasteiger charge is -2.07. The van der Waals surface area contributed by atoms with Gasteiger partial charge in [-0.05, 0) is 31.5 Å². The Balaban J connectivity index is 2.38. The summed E-state index contributed by atoms with van der Waals surface area (Å²) in [7, 11) is 0. The van der Waals surface area contributed by atoms with Crippen LogP contribution in [-0.2, 0) is 6.54 Å². The molecular weight excluding hydrogens is 226 g/mol. The van der Waals surface area contributed by atoms with Gasteiger partial charge in [-0.25, -0.2) is 9.97 Å². The van der Waals surface area contributed by atoms with Gasteiger partial charge in [-0.2, -0.15) is 0 Å². The summed E-state index contributed by atoms with van der Waals surface area (Å²) >= 11 is 0. The van der Waals surface area contributed by atoms with E-state index in [-0.39, 0.29) is 0 Å². The monoisotopic (exact) mass is 243 g/mol. The molecule has 2 rings (SSSR count). The average molecular weight is 243 g/mol. The Morgan fingerprint density at radius 2 is 2.17 bits per heavy atom. The molecule has 4 heteroatoms. The first-order valence-corrected chi connectivity index (χ1v) is 6.00. The van der Waals surface area contributed by atoms with Crippen molar-refractivity contribution in [1.29, 1.82) is 0 Å². The first-order valence-electron chi connectivity index (χ1n) is 6.00. The van der Waals surface area contributed by atoms with Crippen LogP contribution in [0.2, 0.25) is 0 Å². The average Bonchev–Trinajstić information content (AvgIpc) is 2.40. The van der Waals surface area contributed by atoms with E-state index in [1.54, 1.807) is 6.20 Å². The molecule has 0 aliphatic heterocycles. The molecule has 0 aliphatic rings. The zero-order valence-electron chi connectivity index (χ0n) is 10.7. The van der Waals surface area contributed by atoms with Crippen LogP contribution < -0.4 is 10.5 Å². The summed E-state index contributed by atoms with van der Waals surface area (Å²) in [4.78, 5) is 8.81. The minimum absolute atomic E-state index is 0.423. The van der Waals surface area contributed by atoms with Crippen LogP contribution in [0.25, 0.3) is 11.4 Å². The number of nitrogens with zero attached hydrogens (tertiary/aromatic N) is 2. The molecule has 2 N–H and O–H groups in total. The Morgan fingerprint density at radius 3 is 2.89 bits per heavy atom. The number of hydrogen-bond acceptors (Lipinski definition) is 4. The second-order valence-electron chi connectivity index (χ2n) is 3.99. The van der Waals surface area contributed by atoms with Crippen LogP contribution in [0.3, 0.4) is 0 Å². The summed E-state index contributed by atoms with van der Waals surface area (Å²) in [5.41, 5.74) is 8.49. The Morgan fingerprint density at radius 1 is 1.33 bits per heavy atom. The second-order valence-corrected chi connectivity index (χ2v) is 3.99. The van der Waals surface area contributed by atoms with E-state index in [1.165, 1.54) is 0 Å². The first kappa shape index (κ1) is 12.5. The molecule has 0 saturated carbocycles. The number of aryl methyl sites for hydroxylation is 1. The largest absolute Gasteiger partial charge is 0.494 e. The molecule has 1 aromatic heterocycles. The van der Waals surface area contributed by atoms with Gasteiger partial charge in [0, 0.05) is 18.3 Å². The van der Waals surface area contributed by atoms with Gasteiger partial charge >= 0.3 is 0 Å². The highest BCUT2D eigenvalue weighted by Crippen LogP contribution is 2.21. The van der Waals surface area contributed by atoms with Crippen LogP contribution in [0.4, 0.5) is 0 Å². The summed E-state index contributed by atoms with van der Waals surface area (Å²) in [6.07, 6.45) is 1.80. The van der Waals surface area contributed by atoms with Gasteiger partial charge in [0.1, 0.15) is 5.75 Å². The van der Waals surface area contributed by atoms with Crippen LogP contribution in [-0.4, -0.2) is 16.6 Å². The van der Waals surface area contributed by atoms with Crippen LogP contribution in [0.5, 0.6) is 5.75 Å². The molecular formula is C14H17N3O. The molecule has 0 spiro atoms. The highest BCUT2D eigenvalue weighted by molar-refractivity contribution is 5.57. The van der Waals surface area contributed by atoms with Crippen molar-refractivity contribution >= 4 is 0 Å². The molecule has 4 nitrogen and oxygen atoms in total. The van der Waals surface area contributed by atoms with E-state index in [9.17, 15) is 0 Å². The summed E-state index contributed by atoms with van der Waals surface area (Å²) < 4.78 is 5.47. The molecule has 94 valence electrons. The van der Waals surface area contributed by atoms with Crippen molar-refractivity contribution < 1.29 is 4.74 Å². The Hall–Kier alpha value is -1.94. The minimum Gasteiger partial charge on any atom is -0.494 e. The van der Waals surface area contributed by atoms with Crippen molar-refractivity contribution in [2.45, 2.75) is 20.4 Å². The van der Waals surface area contributed by atoms with Crippen molar-refractivity contribution in [2.24, 2.45) is 5.73 Å². The predicted molar refractivity (Wildman–Crippen MR) is 71.3 cm³/mol. The summed E-state index contributed by atoms with van der Waals surface area (Å²) in [5.74, 6) is 1.51. The zero-order valence-corrected chi connectivity index (χ0v) is 10.7. The molecule has 0 bridgehead atoms.